The third-order valence-corrected chi connectivity index (χ3v) is 4.13. The Bertz CT molecular complexity index is 522. The molecule has 0 aromatic heterocycles. The number of halogens is 1. The van der Waals surface area contributed by atoms with Gasteiger partial charge in [-0.1, -0.05) is 0 Å². The molecule has 1 N–H and O–H groups in total. The van der Waals surface area contributed by atoms with E-state index in [9.17, 15) is 9.18 Å². The van der Waals surface area contributed by atoms with E-state index >= 15 is 0 Å². The van der Waals surface area contributed by atoms with Gasteiger partial charge in [0.05, 0.1) is 25.4 Å². The summed E-state index contributed by atoms with van der Waals surface area (Å²) >= 11 is 0. The lowest BCUT2D eigenvalue weighted by atomic mass is 9.82. The highest BCUT2D eigenvalue weighted by atomic mass is 19.1. The molecule has 2 saturated heterocycles. The predicted octanol–water partition coefficient (Wildman–Crippen LogP) is 2.17. The lowest BCUT2D eigenvalue weighted by Crippen LogP contribution is -2.55. The van der Waals surface area contributed by atoms with Crippen LogP contribution < -0.4 is 10.1 Å². The predicted molar refractivity (Wildman–Crippen MR) is 76.2 cm³/mol. The summed E-state index contributed by atoms with van der Waals surface area (Å²) in [5.41, 5.74) is 0.364. The monoisotopic (exact) mass is 293 g/mol. The van der Waals surface area contributed by atoms with E-state index < -0.39 is 5.82 Å². The van der Waals surface area contributed by atoms with E-state index in [1.807, 2.05) is 6.92 Å². The highest BCUT2D eigenvalue weighted by Crippen LogP contribution is 2.30. The number of piperidine rings is 1. The summed E-state index contributed by atoms with van der Waals surface area (Å²) in [5, 5.41) is 3.46. The van der Waals surface area contributed by atoms with E-state index in [4.69, 9.17) is 9.47 Å². The van der Waals surface area contributed by atoms with Crippen molar-refractivity contribution in [2.75, 3.05) is 19.8 Å². The minimum absolute atomic E-state index is 0.0173. The van der Waals surface area contributed by atoms with Crippen LogP contribution in [0.15, 0.2) is 18.2 Å². The van der Waals surface area contributed by atoms with Crippen LogP contribution in [-0.2, 0) is 4.74 Å². The second kappa shape index (κ2) is 6.12. The molecule has 0 saturated carbocycles. The molecule has 1 aromatic carbocycles. The van der Waals surface area contributed by atoms with Crippen LogP contribution in [0.1, 0.15) is 30.1 Å². The van der Waals surface area contributed by atoms with Gasteiger partial charge in [0.1, 0.15) is 11.6 Å². The van der Waals surface area contributed by atoms with Crippen molar-refractivity contribution in [3.05, 3.63) is 29.6 Å². The van der Waals surface area contributed by atoms with E-state index in [1.165, 1.54) is 18.2 Å². The van der Waals surface area contributed by atoms with Gasteiger partial charge in [-0.25, -0.2) is 4.39 Å². The molecule has 2 aliphatic rings. The molecule has 2 atom stereocenters. The molecule has 2 bridgehead atoms. The zero-order valence-electron chi connectivity index (χ0n) is 12.1. The standard InChI is InChI=1S/C16H20FNO3/c1-2-21-15-4-3-11(17)7-14(15)16(19)10-5-12-8-20-9-13(6-10)18-12/h3-4,7,10,12-13,18H,2,5-6,8-9H2,1H3. The van der Waals surface area contributed by atoms with Crippen LogP contribution in [0.3, 0.4) is 0 Å². The molecule has 0 spiro atoms. The number of morpholine rings is 1. The maximum Gasteiger partial charge on any atom is 0.169 e. The Morgan fingerprint density at radius 2 is 2.10 bits per heavy atom. The highest BCUT2D eigenvalue weighted by Gasteiger charge is 2.36. The van der Waals surface area contributed by atoms with Gasteiger partial charge in [0.2, 0.25) is 0 Å². The third-order valence-electron chi connectivity index (χ3n) is 4.13. The first kappa shape index (κ1) is 14.5. The minimum Gasteiger partial charge on any atom is -0.493 e. The summed E-state index contributed by atoms with van der Waals surface area (Å²) < 4.78 is 24.5. The second-order valence-electron chi connectivity index (χ2n) is 5.70. The summed E-state index contributed by atoms with van der Waals surface area (Å²) in [6, 6.07) is 4.59. The molecular formula is C16H20FNO3. The van der Waals surface area contributed by atoms with Gasteiger partial charge in [0.25, 0.3) is 0 Å². The quantitative estimate of drug-likeness (QED) is 0.864. The Morgan fingerprint density at radius 1 is 1.38 bits per heavy atom. The molecule has 0 aliphatic carbocycles. The van der Waals surface area contributed by atoms with Crippen molar-refractivity contribution < 1.29 is 18.7 Å². The second-order valence-corrected chi connectivity index (χ2v) is 5.70. The average Bonchev–Trinajstić information content (AvgIpc) is 2.48. The van der Waals surface area contributed by atoms with Crippen LogP contribution in [0.2, 0.25) is 0 Å². The number of carbonyl (C=O) groups is 1. The topological polar surface area (TPSA) is 47.6 Å². The average molecular weight is 293 g/mol. The molecule has 2 unspecified atom stereocenters. The number of carbonyl (C=O) groups excluding carboxylic acids is 1. The number of nitrogens with one attached hydrogen (secondary N) is 1. The van der Waals surface area contributed by atoms with Crippen molar-refractivity contribution in [2.24, 2.45) is 5.92 Å². The molecule has 2 aliphatic heterocycles. The first-order valence-corrected chi connectivity index (χ1v) is 7.47. The fourth-order valence-electron chi connectivity index (χ4n) is 3.25. The molecular weight excluding hydrogens is 273 g/mol. The summed E-state index contributed by atoms with van der Waals surface area (Å²) in [7, 11) is 0. The molecule has 4 nitrogen and oxygen atoms in total. The Hall–Kier alpha value is -1.46. The van der Waals surface area contributed by atoms with Crippen LogP contribution in [0.5, 0.6) is 5.75 Å². The fraction of sp³-hybridized carbons (Fsp3) is 0.562. The van der Waals surface area contributed by atoms with Gasteiger partial charge in [0.15, 0.2) is 5.78 Å². The number of hydrogen-bond acceptors (Lipinski definition) is 4. The number of benzene rings is 1. The van der Waals surface area contributed by atoms with Gasteiger partial charge in [-0.15, -0.1) is 0 Å². The Kier molecular flexibility index (Phi) is 4.22. The minimum atomic E-state index is -0.403. The van der Waals surface area contributed by atoms with Crippen LogP contribution >= 0.6 is 0 Å². The largest absolute Gasteiger partial charge is 0.493 e. The Morgan fingerprint density at radius 3 is 2.76 bits per heavy atom. The van der Waals surface area contributed by atoms with Gasteiger partial charge in [0, 0.05) is 18.0 Å². The zero-order valence-corrected chi connectivity index (χ0v) is 12.1. The van der Waals surface area contributed by atoms with Gasteiger partial charge in [-0.05, 0) is 38.0 Å². The highest BCUT2D eigenvalue weighted by molar-refractivity contribution is 6.00. The molecule has 2 fully saturated rings. The van der Waals surface area contributed by atoms with Gasteiger partial charge in [-0.2, -0.15) is 0 Å². The number of rotatable bonds is 4. The molecule has 0 radical (unpaired) electrons. The normalized spacial score (nSPS) is 28.2. The van der Waals surface area contributed by atoms with Gasteiger partial charge >= 0.3 is 0 Å². The molecule has 2 heterocycles. The molecule has 1 aromatic rings. The lowest BCUT2D eigenvalue weighted by molar-refractivity contribution is 0.00946. The first-order chi connectivity index (χ1) is 10.2. The smallest absolute Gasteiger partial charge is 0.169 e. The number of Topliss-reactive ketones (excluding diaryl/α,β-unsaturated/α-hetero) is 1. The van der Waals surface area contributed by atoms with Gasteiger partial charge < -0.3 is 14.8 Å². The van der Waals surface area contributed by atoms with E-state index in [2.05, 4.69) is 5.32 Å². The van der Waals surface area contributed by atoms with E-state index in [0.717, 1.165) is 12.8 Å². The molecule has 3 rings (SSSR count). The van der Waals surface area contributed by atoms with E-state index in [-0.39, 0.29) is 23.8 Å². The molecule has 0 amide bonds. The zero-order chi connectivity index (χ0) is 14.8. The first-order valence-electron chi connectivity index (χ1n) is 7.47. The number of fused-ring (bicyclic) bond motifs is 2. The Labute approximate surface area is 123 Å². The maximum absolute atomic E-state index is 13.5. The molecule has 5 heteroatoms. The van der Waals surface area contributed by atoms with E-state index in [1.54, 1.807) is 0 Å². The van der Waals surface area contributed by atoms with Crippen molar-refractivity contribution in [1.29, 1.82) is 0 Å². The summed E-state index contributed by atoms with van der Waals surface area (Å²) in [6.07, 6.45) is 1.47. The third kappa shape index (κ3) is 3.09. The van der Waals surface area contributed by atoms with E-state index in [0.29, 0.717) is 31.1 Å². The summed E-state index contributed by atoms with van der Waals surface area (Å²) in [6.45, 7) is 3.59. The van der Waals surface area contributed by atoms with Crippen LogP contribution in [0.25, 0.3) is 0 Å². The van der Waals surface area contributed by atoms with Crippen molar-refractivity contribution in [1.82, 2.24) is 5.32 Å². The fourth-order valence-corrected chi connectivity index (χ4v) is 3.25. The number of ether oxygens (including phenoxy) is 2. The number of ketones is 1. The molecule has 114 valence electrons. The van der Waals surface area contributed by atoms with Crippen molar-refractivity contribution in [3.8, 4) is 5.75 Å². The molecule has 21 heavy (non-hydrogen) atoms. The number of hydrogen-bond donors (Lipinski definition) is 1. The van der Waals surface area contributed by atoms with Crippen molar-refractivity contribution in [2.45, 2.75) is 31.8 Å². The van der Waals surface area contributed by atoms with Gasteiger partial charge in [-0.3, -0.25) is 4.79 Å². The lowest BCUT2D eigenvalue weighted by Gasteiger charge is -2.39. The summed E-state index contributed by atoms with van der Waals surface area (Å²) in [5.74, 6) is -0.0365. The summed E-state index contributed by atoms with van der Waals surface area (Å²) in [4.78, 5) is 12.8. The SMILES string of the molecule is CCOc1ccc(F)cc1C(=O)C1CC2COCC(C1)N2. The maximum atomic E-state index is 13.5. The van der Waals surface area contributed by atoms with Crippen LogP contribution in [-0.4, -0.2) is 37.7 Å². The van der Waals surface area contributed by atoms with Crippen molar-refractivity contribution >= 4 is 5.78 Å². The van der Waals surface area contributed by atoms with Crippen LogP contribution in [0.4, 0.5) is 4.39 Å². The van der Waals surface area contributed by atoms with Crippen LogP contribution in [0, 0.1) is 11.7 Å². The van der Waals surface area contributed by atoms with Crippen molar-refractivity contribution in [3.63, 3.8) is 0 Å². The Balaban J connectivity index is 1.82.